The van der Waals surface area contributed by atoms with Gasteiger partial charge in [-0.1, -0.05) is 24.2 Å². The van der Waals surface area contributed by atoms with Crippen molar-refractivity contribution in [1.29, 1.82) is 0 Å². The largest absolute Gasteiger partial charge is 0.335 e. The minimum absolute atomic E-state index is 0.155. The number of carbonyl (C=O) groups is 2. The quantitative estimate of drug-likeness (QED) is 0.595. The van der Waals surface area contributed by atoms with Gasteiger partial charge in [-0.3, -0.25) is 14.9 Å². The van der Waals surface area contributed by atoms with Gasteiger partial charge in [-0.15, -0.1) is 0 Å². The first-order chi connectivity index (χ1) is 16.4. The lowest BCUT2D eigenvalue weighted by molar-refractivity contribution is 0.0734. The number of rotatable bonds is 4. The smallest absolute Gasteiger partial charge is 0.321 e. The number of urea groups is 1. The molecule has 4 heterocycles. The molecule has 0 saturated heterocycles. The van der Waals surface area contributed by atoms with Gasteiger partial charge in [0.25, 0.3) is 5.91 Å². The third kappa shape index (κ3) is 4.29. The molecular weight excluding hydrogens is 452 g/mol. The highest BCUT2D eigenvalue weighted by molar-refractivity contribution is 7.15. The molecule has 5 rings (SSSR count). The summed E-state index contributed by atoms with van der Waals surface area (Å²) in [7, 11) is 0. The number of nitrogens with zero attached hydrogens (tertiary/aromatic N) is 4. The van der Waals surface area contributed by atoms with Gasteiger partial charge in [0.2, 0.25) is 5.43 Å². The summed E-state index contributed by atoms with van der Waals surface area (Å²) >= 11 is 1.38. The van der Waals surface area contributed by atoms with E-state index in [0.717, 1.165) is 41.9 Å². The Morgan fingerprint density at radius 1 is 1.21 bits per heavy atom. The molecule has 10 heteroatoms. The van der Waals surface area contributed by atoms with E-state index in [0.29, 0.717) is 42.2 Å². The summed E-state index contributed by atoms with van der Waals surface area (Å²) in [5, 5.41) is 6.84. The topological polar surface area (TPSA) is 109 Å². The maximum absolute atomic E-state index is 13.4. The maximum atomic E-state index is 13.4. The number of aryl methyl sites for hydroxylation is 2. The number of hydrogen-bond acceptors (Lipinski definition) is 6. The summed E-state index contributed by atoms with van der Waals surface area (Å²) in [6.45, 7) is 5.28. The zero-order valence-corrected chi connectivity index (χ0v) is 20.2. The maximum Gasteiger partial charge on any atom is 0.321 e. The molecule has 0 spiro atoms. The normalized spacial score (nSPS) is 16.0. The molecule has 3 aromatic rings. The zero-order chi connectivity index (χ0) is 23.8. The van der Waals surface area contributed by atoms with Crippen LogP contribution in [0.1, 0.15) is 59.2 Å². The van der Waals surface area contributed by atoms with Crippen molar-refractivity contribution >= 4 is 39.4 Å². The van der Waals surface area contributed by atoms with Crippen LogP contribution < -0.4 is 16.1 Å². The number of pyridine rings is 2. The summed E-state index contributed by atoms with van der Waals surface area (Å²) in [5.74, 6) is -0.290. The van der Waals surface area contributed by atoms with Crippen molar-refractivity contribution in [3.63, 3.8) is 0 Å². The minimum Gasteiger partial charge on any atom is -0.335 e. The molecule has 34 heavy (non-hydrogen) atoms. The third-order valence-corrected chi connectivity index (χ3v) is 7.56. The molecule has 1 saturated carbocycles. The van der Waals surface area contributed by atoms with Crippen molar-refractivity contribution in [3.05, 3.63) is 50.4 Å². The van der Waals surface area contributed by atoms with Crippen LogP contribution in [-0.4, -0.2) is 44.0 Å². The van der Waals surface area contributed by atoms with Gasteiger partial charge < -0.3 is 14.8 Å². The van der Waals surface area contributed by atoms with Crippen molar-refractivity contribution < 1.29 is 9.59 Å². The fourth-order valence-corrected chi connectivity index (χ4v) is 5.75. The van der Waals surface area contributed by atoms with Crippen LogP contribution in [-0.2, 0) is 19.5 Å². The number of hydrogen-bond donors (Lipinski definition) is 2. The number of carbonyl (C=O) groups excluding carboxylic acids is 2. The van der Waals surface area contributed by atoms with E-state index >= 15 is 0 Å². The predicted molar refractivity (Wildman–Crippen MR) is 131 cm³/mol. The molecule has 1 aliphatic heterocycles. The molecular formula is C24H28N6O3S. The molecule has 3 aromatic heterocycles. The van der Waals surface area contributed by atoms with Gasteiger partial charge in [0.1, 0.15) is 11.2 Å². The van der Waals surface area contributed by atoms with E-state index in [1.54, 1.807) is 23.2 Å². The fraction of sp³-hybridized carbons (Fsp3) is 0.458. The van der Waals surface area contributed by atoms with Crippen LogP contribution in [0.2, 0.25) is 0 Å². The average molecular weight is 481 g/mol. The first-order valence-electron chi connectivity index (χ1n) is 11.8. The van der Waals surface area contributed by atoms with Gasteiger partial charge in [-0.25, -0.2) is 14.8 Å². The lowest BCUT2D eigenvalue weighted by Crippen LogP contribution is -2.38. The Kier molecular flexibility index (Phi) is 6.07. The molecule has 1 aliphatic carbocycles. The van der Waals surface area contributed by atoms with Crippen LogP contribution in [0.3, 0.4) is 0 Å². The Hall–Kier alpha value is -3.27. The van der Waals surface area contributed by atoms with Crippen LogP contribution in [0.15, 0.2) is 23.1 Å². The van der Waals surface area contributed by atoms with Crippen LogP contribution in [0.5, 0.6) is 0 Å². The van der Waals surface area contributed by atoms with Crippen molar-refractivity contribution in [2.45, 2.75) is 65.1 Å². The van der Waals surface area contributed by atoms with Crippen molar-refractivity contribution in [2.24, 2.45) is 0 Å². The second kappa shape index (κ2) is 9.17. The first-order valence-corrected chi connectivity index (χ1v) is 12.6. The lowest BCUT2D eigenvalue weighted by atomic mass is 10.1. The molecule has 178 valence electrons. The molecule has 2 aliphatic rings. The summed E-state index contributed by atoms with van der Waals surface area (Å²) in [6.07, 6.45) is 6.54. The number of fused-ring (bicyclic) bond motifs is 2. The number of thiazole rings is 1. The molecule has 0 aromatic carbocycles. The van der Waals surface area contributed by atoms with Gasteiger partial charge in [-0.2, -0.15) is 0 Å². The Morgan fingerprint density at radius 2 is 2.00 bits per heavy atom. The average Bonchev–Trinajstić information content (AvgIpc) is 3.47. The fourth-order valence-electron chi connectivity index (χ4n) is 4.73. The first kappa shape index (κ1) is 22.5. The SMILES string of the molecule is CCn1cc(C(=O)N2CCc3nc(NC(=O)NC4CCCC4)sc3C2)c(=O)c2ccc(C)nc21. The Labute approximate surface area is 201 Å². The molecule has 3 amide bonds. The molecule has 1 fully saturated rings. The van der Waals surface area contributed by atoms with Gasteiger partial charge in [0.15, 0.2) is 5.13 Å². The second-order valence-corrected chi connectivity index (χ2v) is 10.0. The minimum atomic E-state index is -0.293. The highest BCUT2D eigenvalue weighted by Gasteiger charge is 2.28. The molecule has 9 nitrogen and oxygen atoms in total. The van der Waals surface area contributed by atoms with E-state index in [1.807, 2.05) is 18.4 Å². The van der Waals surface area contributed by atoms with Gasteiger partial charge in [0.05, 0.1) is 17.6 Å². The Bertz CT molecular complexity index is 1320. The molecule has 0 radical (unpaired) electrons. The standard InChI is InChI=1S/C24H28N6O3S/c1-3-29-12-17(20(31)16-9-8-14(2)25-21(16)29)22(32)30-11-10-18-19(13-30)34-24(27-18)28-23(33)26-15-6-4-5-7-15/h8-9,12,15H,3-7,10-11,13H2,1-2H3,(H2,26,27,28,33). The third-order valence-electron chi connectivity index (χ3n) is 6.56. The zero-order valence-electron chi connectivity index (χ0n) is 19.4. The molecule has 2 N–H and O–H groups in total. The summed E-state index contributed by atoms with van der Waals surface area (Å²) < 4.78 is 1.85. The molecule has 0 unspecified atom stereocenters. The number of nitrogens with one attached hydrogen (secondary N) is 2. The van der Waals surface area contributed by atoms with Crippen molar-refractivity contribution in [1.82, 2.24) is 24.8 Å². The predicted octanol–water partition coefficient (Wildman–Crippen LogP) is 3.44. The number of amides is 3. The summed E-state index contributed by atoms with van der Waals surface area (Å²) in [4.78, 5) is 50.5. The molecule has 0 atom stereocenters. The molecule has 0 bridgehead atoms. The van der Waals surface area contributed by atoms with Crippen molar-refractivity contribution in [2.75, 3.05) is 11.9 Å². The van der Waals surface area contributed by atoms with E-state index in [2.05, 4.69) is 20.6 Å². The Morgan fingerprint density at radius 3 is 2.76 bits per heavy atom. The van der Waals surface area contributed by atoms with Gasteiger partial charge >= 0.3 is 6.03 Å². The van der Waals surface area contributed by atoms with Crippen LogP contribution in [0, 0.1) is 6.92 Å². The van der Waals surface area contributed by atoms with Gasteiger partial charge in [-0.05, 0) is 38.8 Å². The van der Waals surface area contributed by atoms with E-state index < -0.39 is 0 Å². The summed E-state index contributed by atoms with van der Waals surface area (Å²) in [5.41, 5.74) is 2.18. The van der Waals surface area contributed by atoms with E-state index in [4.69, 9.17) is 0 Å². The highest BCUT2D eigenvalue weighted by Crippen LogP contribution is 2.29. The van der Waals surface area contributed by atoms with E-state index in [1.165, 1.54) is 11.3 Å². The number of anilines is 1. The van der Waals surface area contributed by atoms with E-state index in [-0.39, 0.29) is 29.0 Å². The van der Waals surface area contributed by atoms with Gasteiger partial charge in [0, 0.05) is 42.3 Å². The Balaban J connectivity index is 1.34. The lowest BCUT2D eigenvalue weighted by Gasteiger charge is -2.26. The van der Waals surface area contributed by atoms with Crippen LogP contribution in [0.25, 0.3) is 11.0 Å². The van der Waals surface area contributed by atoms with E-state index in [9.17, 15) is 14.4 Å². The van der Waals surface area contributed by atoms with Crippen LogP contribution >= 0.6 is 11.3 Å². The summed E-state index contributed by atoms with van der Waals surface area (Å²) in [6, 6.07) is 3.54. The highest BCUT2D eigenvalue weighted by atomic mass is 32.1. The van der Waals surface area contributed by atoms with Crippen LogP contribution in [0.4, 0.5) is 9.93 Å². The monoisotopic (exact) mass is 480 g/mol. The van der Waals surface area contributed by atoms with Crippen molar-refractivity contribution in [3.8, 4) is 0 Å². The second-order valence-electron chi connectivity index (χ2n) is 8.93. The number of aromatic nitrogens is 3.